The fourth-order valence-electron chi connectivity index (χ4n) is 1.83. The largest absolute Gasteiger partial charge is 0.481 e. The molecule has 0 aromatic heterocycles. The molecule has 1 saturated heterocycles. The normalized spacial score (nSPS) is 34.0. The molecular formula is C9H15NO4. The van der Waals surface area contributed by atoms with Gasteiger partial charge in [0.25, 0.3) is 0 Å². The second-order valence-corrected chi connectivity index (χ2v) is 3.93. The Morgan fingerprint density at radius 2 is 2.00 bits per heavy atom. The fourth-order valence-corrected chi connectivity index (χ4v) is 1.83. The molecule has 0 aliphatic carbocycles. The van der Waals surface area contributed by atoms with E-state index in [0.717, 1.165) is 0 Å². The summed E-state index contributed by atoms with van der Waals surface area (Å²) < 4.78 is 0. The van der Waals surface area contributed by atoms with Crippen molar-refractivity contribution in [3.05, 3.63) is 0 Å². The summed E-state index contributed by atoms with van der Waals surface area (Å²) in [6.45, 7) is 3.41. The third kappa shape index (κ3) is 2.04. The summed E-state index contributed by atoms with van der Waals surface area (Å²) >= 11 is 0. The molecule has 80 valence electrons. The van der Waals surface area contributed by atoms with E-state index in [1.165, 1.54) is 0 Å². The summed E-state index contributed by atoms with van der Waals surface area (Å²) in [7, 11) is 0. The molecule has 1 aliphatic rings. The molecule has 3 N–H and O–H groups in total. The van der Waals surface area contributed by atoms with Crippen LogP contribution in [-0.4, -0.2) is 34.2 Å². The maximum Gasteiger partial charge on any atom is 0.320 e. The maximum atomic E-state index is 10.7. The number of nitrogens with one attached hydrogen (secondary N) is 1. The Morgan fingerprint density at radius 3 is 2.36 bits per heavy atom. The molecule has 0 amide bonds. The molecule has 1 unspecified atom stereocenters. The summed E-state index contributed by atoms with van der Waals surface area (Å²) in [5.74, 6) is -2.35. The Morgan fingerprint density at radius 1 is 1.43 bits per heavy atom. The average Bonchev–Trinajstić information content (AvgIpc) is 2.45. The summed E-state index contributed by atoms with van der Waals surface area (Å²) in [5.41, 5.74) is 0. The minimum Gasteiger partial charge on any atom is -0.481 e. The Bertz CT molecular complexity index is 253. The van der Waals surface area contributed by atoms with Gasteiger partial charge in [0.2, 0.25) is 0 Å². The van der Waals surface area contributed by atoms with Crippen molar-refractivity contribution in [2.45, 2.75) is 32.4 Å². The molecule has 1 rings (SSSR count). The first-order valence-corrected chi connectivity index (χ1v) is 4.65. The van der Waals surface area contributed by atoms with E-state index in [4.69, 9.17) is 10.2 Å². The van der Waals surface area contributed by atoms with E-state index in [2.05, 4.69) is 5.32 Å². The molecule has 5 heteroatoms. The van der Waals surface area contributed by atoms with E-state index >= 15 is 0 Å². The number of aliphatic carboxylic acids is 2. The molecule has 1 aliphatic heterocycles. The first-order chi connectivity index (χ1) is 6.43. The predicted molar refractivity (Wildman–Crippen MR) is 48.9 cm³/mol. The third-order valence-corrected chi connectivity index (χ3v) is 2.85. The Kier molecular flexibility index (Phi) is 3.10. The van der Waals surface area contributed by atoms with Gasteiger partial charge in [-0.2, -0.15) is 0 Å². The molecule has 0 aromatic rings. The second-order valence-electron chi connectivity index (χ2n) is 3.93. The molecule has 0 spiro atoms. The van der Waals surface area contributed by atoms with Gasteiger partial charge in [-0.15, -0.1) is 0 Å². The van der Waals surface area contributed by atoms with E-state index in [1.807, 2.05) is 6.92 Å². The molecule has 0 radical (unpaired) electrons. The minimum atomic E-state index is -0.905. The van der Waals surface area contributed by atoms with Gasteiger partial charge in [0.1, 0.15) is 6.04 Å². The van der Waals surface area contributed by atoms with E-state index in [9.17, 15) is 9.59 Å². The predicted octanol–water partition coefficient (Wildman–Crippen LogP) is 0.158. The van der Waals surface area contributed by atoms with E-state index in [0.29, 0.717) is 6.42 Å². The Hall–Kier alpha value is -1.10. The van der Waals surface area contributed by atoms with Gasteiger partial charge in [0.05, 0.1) is 5.92 Å². The van der Waals surface area contributed by atoms with E-state index < -0.39 is 23.9 Å². The van der Waals surface area contributed by atoms with Crippen LogP contribution in [0, 0.1) is 11.8 Å². The summed E-state index contributed by atoms with van der Waals surface area (Å²) in [6.07, 6.45) is 0.602. The van der Waals surface area contributed by atoms with Gasteiger partial charge in [-0.1, -0.05) is 13.8 Å². The van der Waals surface area contributed by atoms with Gasteiger partial charge < -0.3 is 15.5 Å². The van der Waals surface area contributed by atoms with E-state index in [-0.39, 0.29) is 12.0 Å². The Labute approximate surface area is 82.1 Å². The Balaban J connectivity index is 2.63. The van der Waals surface area contributed by atoms with Gasteiger partial charge >= 0.3 is 11.9 Å². The molecule has 4 atom stereocenters. The number of rotatable bonds is 3. The molecule has 1 fully saturated rings. The highest BCUT2D eigenvalue weighted by Gasteiger charge is 2.39. The summed E-state index contributed by atoms with van der Waals surface area (Å²) in [6, 6.07) is -0.842. The number of hydrogen-bond donors (Lipinski definition) is 3. The lowest BCUT2D eigenvalue weighted by molar-refractivity contribution is -0.143. The quantitative estimate of drug-likeness (QED) is 0.605. The van der Waals surface area contributed by atoms with Crippen molar-refractivity contribution < 1.29 is 19.8 Å². The van der Waals surface area contributed by atoms with Crippen LogP contribution >= 0.6 is 0 Å². The molecule has 0 aromatic carbocycles. The topological polar surface area (TPSA) is 86.6 Å². The average molecular weight is 201 g/mol. The van der Waals surface area contributed by atoms with Crippen LogP contribution in [0.4, 0.5) is 0 Å². The number of carboxylic acid groups (broad SMARTS) is 2. The SMILES string of the molecule is CC(C(=O)O)[C@@H]1C[C@H](C)[C@@H](C(=O)O)N1. The first kappa shape index (κ1) is 11.0. The molecule has 1 heterocycles. The van der Waals surface area contributed by atoms with Crippen LogP contribution < -0.4 is 5.32 Å². The monoisotopic (exact) mass is 201 g/mol. The molecule has 0 saturated carbocycles. The maximum absolute atomic E-state index is 10.7. The second kappa shape index (κ2) is 3.96. The van der Waals surface area contributed by atoms with Crippen molar-refractivity contribution in [1.82, 2.24) is 5.32 Å². The lowest BCUT2D eigenvalue weighted by atomic mass is 9.96. The number of carboxylic acids is 2. The van der Waals surface area contributed by atoms with Crippen LogP contribution in [0.5, 0.6) is 0 Å². The smallest absolute Gasteiger partial charge is 0.320 e. The van der Waals surface area contributed by atoms with Gasteiger partial charge in [0, 0.05) is 6.04 Å². The molecule has 0 bridgehead atoms. The molecule has 5 nitrogen and oxygen atoms in total. The zero-order chi connectivity index (χ0) is 10.9. The molecular weight excluding hydrogens is 186 g/mol. The zero-order valence-electron chi connectivity index (χ0n) is 8.23. The highest BCUT2D eigenvalue weighted by Crippen LogP contribution is 2.24. The number of carbonyl (C=O) groups is 2. The van der Waals surface area contributed by atoms with Crippen molar-refractivity contribution in [2.24, 2.45) is 11.8 Å². The van der Waals surface area contributed by atoms with Crippen LogP contribution in [0.15, 0.2) is 0 Å². The van der Waals surface area contributed by atoms with Crippen molar-refractivity contribution in [3.63, 3.8) is 0 Å². The van der Waals surface area contributed by atoms with Crippen molar-refractivity contribution >= 4 is 11.9 Å². The van der Waals surface area contributed by atoms with Crippen molar-refractivity contribution in [2.75, 3.05) is 0 Å². The highest BCUT2D eigenvalue weighted by atomic mass is 16.4. The van der Waals surface area contributed by atoms with Crippen LogP contribution in [-0.2, 0) is 9.59 Å². The van der Waals surface area contributed by atoms with Crippen LogP contribution in [0.3, 0.4) is 0 Å². The van der Waals surface area contributed by atoms with Gasteiger partial charge in [0.15, 0.2) is 0 Å². The molecule has 14 heavy (non-hydrogen) atoms. The van der Waals surface area contributed by atoms with E-state index in [1.54, 1.807) is 6.92 Å². The van der Waals surface area contributed by atoms with Crippen molar-refractivity contribution in [1.29, 1.82) is 0 Å². The third-order valence-electron chi connectivity index (χ3n) is 2.85. The lowest BCUT2D eigenvalue weighted by Gasteiger charge is -2.15. The fraction of sp³-hybridized carbons (Fsp3) is 0.778. The first-order valence-electron chi connectivity index (χ1n) is 4.65. The van der Waals surface area contributed by atoms with Gasteiger partial charge in [-0.05, 0) is 12.3 Å². The van der Waals surface area contributed by atoms with Crippen molar-refractivity contribution in [3.8, 4) is 0 Å². The van der Waals surface area contributed by atoms with Crippen LogP contribution in [0.25, 0.3) is 0 Å². The highest BCUT2D eigenvalue weighted by molar-refractivity contribution is 5.75. The van der Waals surface area contributed by atoms with Gasteiger partial charge in [-0.25, -0.2) is 0 Å². The standard InChI is InChI=1S/C9H15NO4/c1-4-3-6(5(2)8(11)12)10-7(4)9(13)14/h4-7,10H,3H2,1-2H3,(H,11,12)(H,13,14)/t4-,5?,6-,7-/m0/s1. The van der Waals surface area contributed by atoms with Gasteiger partial charge in [-0.3, -0.25) is 9.59 Å². The number of hydrogen-bond acceptors (Lipinski definition) is 3. The summed E-state index contributed by atoms with van der Waals surface area (Å²) in [4.78, 5) is 21.4. The lowest BCUT2D eigenvalue weighted by Crippen LogP contribution is -2.41. The summed E-state index contributed by atoms with van der Waals surface area (Å²) in [5, 5.41) is 20.4. The zero-order valence-corrected chi connectivity index (χ0v) is 8.23. The van der Waals surface area contributed by atoms with Crippen LogP contribution in [0.1, 0.15) is 20.3 Å². The minimum absolute atomic E-state index is 0.0145. The van der Waals surface area contributed by atoms with Crippen LogP contribution in [0.2, 0.25) is 0 Å².